The number of benzene rings is 1. The van der Waals surface area contributed by atoms with E-state index < -0.39 is 0 Å². The largest absolute Gasteiger partial charge is 0.347 e. The van der Waals surface area contributed by atoms with Crippen molar-refractivity contribution in [3.8, 4) is 6.07 Å². The van der Waals surface area contributed by atoms with E-state index in [-0.39, 0.29) is 11.8 Å². The van der Waals surface area contributed by atoms with Gasteiger partial charge >= 0.3 is 0 Å². The van der Waals surface area contributed by atoms with Crippen molar-refractivity contribution in [3.05, 3.63) is 47.3 Å². The number of rotatable bonds is 4. The Morgan fingerprint density at radius 2 is 1.87 bits per heavy atom. The topological polar surface area (TPSA) is 81.9 Å². The van der Waals surface area contributed by atoms with E-state index in [1.165, 1.54) is 0 Å². The van der Waals surface area contributed by atoms with E-state index >= 15 is 0 Å². The molecule has 2 rings (SSSR count). The Morgan fingerprint density at radius 3 is 2.39 bits per heavy atom. The first kappa shape index (κ1) is 16.4. The minimum Gasteiger partial charge on any atom is -0.347 e. The molecule has 1 aromatic carbocycles. The maximum absolute atomic E-state index is 12.4. The summed E-state index contributed by atoms with van der Waals surface area (Å²) in [5.41, 5.74) is 2.29. The predicted octanol–water partition coefficient (Wildman–Crippen LogP) is 2.79. The van der Waals surface area contributed by atoms with Crippen molar-refractivity contribution < 1.29 is 4.79 Å². The summed E-state index contributed by atoms with van der Waals surface area (Å²) >= 11 is 0. The van der Waals surface area contributed by atoms with Crippen LogP contribution in [-0.4, -0.2) is 30.0 Å². The normalized spacial score (nSPS) is 10.3. The van der Waals surface area contributed by atoms with Crippen LogP contribution in [-0.2, 0) is 0 Å². The lowest BCUT2D eigenvalue weighted by Crippen LogP contribution is -2.19. The highest BCUT2D eigenvalue weighted by Crippen LogP contribution is 2.17. The Labute approximate surface area is 135 Å². The minimum atomic E-state index is -0.304. The third-order valence-electron chi connectivity index (χ3n) is 3.23. The molecule has 0 atom stereocenters. The summed E-state index contributed by atoms with van der Waals surface area (Å²) < 4.78 is 0. The van der Waals surface area contributed by atoms with Gasteiger partial charge in [0.2, 0.25) is 5.95 Å². The fourth-order valence-corrected chi connectivity index (χ4v) is 1.89. The molecule has 0 saturated carbocycles. The van der Waals surface area contributed by atoms with E-state index in [4.69, 9.17) is 5.26 Å². The van der Waals surface area contributed by atoms with Gasteiger partial charge in [-0.3, -0.25) is 4.79 Å². The molecule has 0 unspecified atom stereocenters. The first-order valence-corrected chi connectivity index (χ1v) is 7.28. The smallest absolute Gasteiger partial charge is 0.274 e. The second kappa shape index (κ2) is 6.88. The molecule has 2 aromatic rings. The highest BCUT2D eigenvalue weighted by molar-refractivity contribution is 6.03. The molecule has 0 aliphatic rings. The fraction of sp³-hybridized carbons (Fsp3) is 0.294. The van der Waals surface area contributed by atoms with E-state index in [1.807, 2.05) is 34.0 Å². The zero-order valence-corrected chi connectivity index (χ0v) is 13.7. The number of amides is 1. The van der Waals surface area contributed by atoms with E-state index in [1.54, 1.807) is 35.2 Å². The predicted molar refractivity (Wildman–Crippen MR) is 89.6 cm³/mol. The first-order chi connectivity index (χ1) is 10.9. The van der Waals surface area contributed by atoms with E-state index in [2.05, 4.69) is 15.3 Å². The van der Waals surface area contributed by atoms with Crippen molar-refractivity contribution in [1.82, 2.24) is 9.97 Å². The zero-order valence-electron chi connectivity index (χ0n) is 13.7. The van der Waals surface area contributed by atoms with E-state index in [0.29, 0.717) is 22.9 Å². The Kier molecular flexibility index (Phi) is 4.91. The molecule has 1 N–H and O–H groups in total. The molecule has 0 fully saturated rings. The summed E-state index contributed by atoms with van der Waals surface area (Å²) in [5.74, 6) is 0.390. The van der Waals surface area contributed by atoms with E-state index in [9.17, 15) is 4.79 Å². The number of nitrogens with one attached hydrogen (secondary N) is 1. The fourth-order valence-electron chi connectivity index (χ4n) is 1.89. The highest BCUT2D eigenvalue weighted by atomic mass is 16.1. The number of carbonyl (C=O) groups is 1. The highest BCUT2D eigenvalue weighted by Gasteiger charge is 2.14. The van der Waals surface area contributed by atoms with Crippen molar-refractivity contribution in [3.63, 3.8) is 0 Å². The number of carbonyl (C=O) groups excluding carboxylic acids is 1. The molecule has 0 aliphatic carbocycles. The maximum atomic E-state index is 12.4. The van der Waals surface area contributed by atoms with Crippen molar-refractivity contribution >= 4 is 17.5 Å². The van der Waals surface area contributed by atoms with Gasteiger partial charge in [-0.15, -0.1) is 0 Å². The van der Waals surface area contributed by atoms with Crippen LogP contribution in [0.5, 0.6) is 0 Å². The second-order valence-corrected chi connectivity index (χ2v) is 5.67. The Morgan fingerprint density at radius 1 is 1.22 bits per heavy atom. The number of hydrogen-bond donors (Lipinski definition) is 1. The minimum absolute atomic E-state index is 0.193. The van der Waals surface area contributed by atoms with Crippen LogP contribution < -0.4 is 10.2 Å². The molecule has 118 valence electrons. The average Bonchev–Trinajstić information content (AvgIpc) is 2.55. The molecule has 0 bridgehead atoms. The number of anilines is 2. The Hall–Kier alpha value is -2.94. The SMILES string of the molecule is CC(C)c1cc(C(=O)Nc2ccc(C#N)cc2)nc(N(C)C)n1. The summed E-state index contributed by atoms with van der Waals surface area (Å²) in [6.07, 6.45) is 0. The standard InChI is InChI=1S/C17H19N5O/c1-11(2)14-9-15(21-17(20-14)22(3)4)16(23)19-13-7-5-12(10-18)6-8-13/h5-9,11H,1-4H3,(H,19,23). The van der Waals surface area contributed by atoms with Crippen LogP contribution in [0.1, 0.15) is 41.5 Å². The molecule has 0 saturated heterocycles. The number of nitrogens with zero attached hydrogens (tertiary/aromatic N) is 4. The molecular formula is C17H19N5O. The third kappa shape index (κ3) is 4.04. The summed E-state index contributed by atoms with van der Waals surface area (Å²) in [6.45, 7) is 4.04. The molecule has 0 spiro atoms. The lowest BCUT2D eigenvalue weighted by Gasteiger charge is -2.15. The van der Waals surface area contributed by atoms with Crippen LogP contribution in [0.3, 0.4) is 0 Å². The molecule has 6 heteroatoms. The number of hydrogen-bond acceptors (Lipinski definition) is 5. The van der Waals surface area contributed by atoms with Gasteiger partial charge in [-0.1, -0.05) is 13.8 Å². The van der Waals surface area contributed by atoms with Gasteiger partial charge in [-0.2, -0.15) is 5.26 Å². The molecule has 1 aromatic heterocycles. The van der Waals surface area contributed by atoms with Gasteiger partial charge in [0.15, 0.2) is 0 Å². The molecule has 0 radical (unpaired) electrons. The van der Waals surface area contributed by atoms with Gasteiger partial charge in [0, 0.05) is 25.5 Å². The number of nitriles is 1. The lowest BCUT2D eigenvalue weighted by atomic mass is 10.1. The van der Waals surface area contributed by atoms with Gasteiger partial charge in [0.1, 0.15) is 5.69 Å². The zero-order chi connectivity index (χ0) is 17.0. The van der Waals surface area contributed by atoms with Gasteiger partial charge in [-0.25, -0.2) is 9.97 Å². The lowest BCUT2D eigenvalue weighted by molar-refractivity contribution is 0.102. The quantitative estimate of drug-likeness (QED) is 0.939. The van der Waals surface area contributed by atoms with Gasteiger partial charge in [-0.05, 0) is 36.2 Å². The molecular weight excluding hydrogens is 290 g/mol. The van der Waals surface area contributed by atoms with Crippen LogP contribution in [0.15, 0.2) is 30.3 Å². The van der Waals surface area contributed by atoms with Crippen molar-refractivity contribution in [2.45, 2.75) is 19.8 Å². The molecule has 0 aliphatic heterocycles. The molecule has 1 amide bonds. The number of aromatic nitrogens is 2. The van der Waals surface area contributed by atoms with Crippen LogP contribution in [0.4, 0.5) is 11.6 Å². The van der Waals surface area contributed by atoms with Gasteiger partial charge in [0.05, 0.1) is 11.6 Å². The van der Waals surface area contributed by atoms with Gasteiger partial charge < -0.3 is 10.2 Å². The third-order valence-corrected chi connectivity index (χ3v) is 3.23. The summed E-state index contributed by atoms with van der Waals surface area (Å²) in [4.78, 5) is 22.9. The van der Waals surface area contributed by atoms with Crippen LogP contribution >= 0.6 is 0 Å². The molecule has 6 nitrogen and oxygen atoms in total. The average molecular weight is 309 g/mol. The Balaban J connectivity index is 2.28. The first-order valence-electron chi connectivity index (χ1n) is 7.28. The summed E-state index contributed by atoms with van der Waals surface area (Å²) in [6, 6.07) is 10.4. The monoisotopic (exact) mass is 309 g/mol. The van der Waals surface area contributed by atoms with Crippen molar-refractivity contribution in [1.29, 1.82) is 5.26 Å². The van der Waals surface area contributed by atoms with Crippen LogP contribution in [0.25, 0.3) is 0 Å². The molecule has 23 heavy (non-hydrogen) atoms. The van der Waals surface area contributed by atoms with Gasteiger partial charge in [0.25, 0.3) is 5.91 Å². The van der Waals surface area contributed by atoms with Crippen LogP contribution in [0.2, 0.25) is 0 Å². The van der Waals surface area contributed by atoms with Crippen molar-refractivity contribution in [2.75, 3.05) is 24.3 Å². The second-order valence-electron chi connectivity index (χ2n) is 5.67. The Bertz CT molecular complexity index is 718. The van der Waals surface area contributed by atoms with Crippen LogP contribution in [0, 0.1) is 11.3 Å². The summed E-state index contributed by atoms with van der Waals surface area (Å²) in [5, 5.41) is 11.6. The molecule has 1 heterocycles. The van der Waals surface area contributed by atoms with E-state index in [0.717, 1.165) is 5.69 Å². The van der Waals surface area contributed by atoms with Crippen molar-refractivity contribution in [2.24, 2.45) is 0 Å². The summed E-state index contributed by atoms with van der Waals surface area (Å²) in [7, 11) is 3.67. The maximum Gasteiger partial charge on any atom is 0.274 e.